The third-order valence-corrected chi connectivity index (χ3v) is 4.08. The van der Waals surface area contributed by atoms with Crippen molar-refractivity contribution in [3.8, 4) is 6.07 Å². The van der Waals surface area contributed by atoms with Gasteiger partial charge in [-0.1, -0.05) is 6.92 Å². The molecule has 1 heterocycles. The standard InChI is InChI=1S/C9H14N4O2S/c1-4-13(6-5-10)16(14,15)9-7-12(3)8(2)11-9/h7H,4,6H2,1-3H3. The molecule has 0 saturated heterocycles. The maximum absolute atomic E-state index is 12.0. The lowest BCUT2D eigenvalue weighted by Gasteiger charge is -2.14. The zero-order valence-corrected chi connectivity index (χ0v) is 10.3. The average molecular weight is 242 g/mol. The highest BCUT2D eigenvalue weighted by Crippen LogP contribution is 2.13. The summed E-state index contributed by atoms with van der Waals surface area (Å²) in [6.07, 6.45) is 1.45. The van der Waals surface area contributed by atoms with E-state index in [4.69, 9.17) is 5.26 Å². The molecule has 0 saturated carbocycles. The van der Waals surface area contributed by atoms with Crippen molar-refractivity contribution >= 4 is 10.0 Å². The first-order valence-corrected chi connectivity index (χ1v) is 6.24. The van der Waals surface area contributed by atoms with E-state index in [-0.39, 0.29) is 18.1 Å². The molecule has 0 aliphatic carbocycles. The van der Waals surface area contributed by atoms with E-state index in [1.165, 1.54) is 6.20 Å². The van der Waals surface area contributed by atoms with Gasteiger partial charge < -0.3 is 4.57 Å². The normalized spacial score (nSPS) is 11.7. The van der Waals surface area contributed by atoms with Gasteiger partial charge in [-0.25, -0.2) is 13.4 Å². The van der Waals surface area contributed by atoms with Crippen molar-refractivity contribution in [1.82, 2.24) is 13.9 Å². The number of nitriles is 1. The van der Waals surface area contributed by atoms with E-state index in [2.05, 4.69) is 4.98 Å². The van der Waals surface area contributed by atoms with Gasteiger partial charge in [0.2, 0.25) is 0 Å². The van der Waals surface area contributed by atoms with Crippen LogP contribution in [-0.4, -0.2) is 35.4 Å². The minimum atomic E-state index is -3.64. The SMILES string of the molecule is CCN(CC#N)S(=O)(=O)c1cn(C)c(C)n1. The predicted octanol–water partition coefficient (Wildman–Crippen LogP) is 0.263. The maximum atomic E-state index is 12.0. The second-order valence-corrected chi connectivity index (χ2v) is 5.21. The third kappa shape index (κ3) is 2.23. The van der Waals surface area contributed by atoms with Crippen molar-refractivity contribution in [3.05, 3.63) is 12.0 Å². The molecule has 0 aliphatic rings. The van der Waals surface area contributed by atoms with E-state index >= 15 is 0 Å². The van der Waals surface area contributed by atoms with Gasteiger partial charge in [0.1, 0.15) is 12.4 Å². The number of imidazole rings is 1. The molecule has 0 fully saturated rings. The van der Waals surface area contributed by atoms with Crippen LogP contribution >= 0.6 is 0 Å². The van der Waals surface area contributed by atoms with Crippen molar-refractivity contribution in [2.75, 3.05) is 13.1 Å². The molecule has 0 bridgehead atoms. The second-order valence-electron chi connectivity index (χ2n) is 3.33. The van der Waals surface area contributed by atoms with Gasteiger partial charge in [0.05, 0.1) is 6.07 Å². The zero-order valence-electron chi connectivity index (χ0n) is 9.51. The average Bonchev–Trinajstić information content (AvgIpc) is 2.56. The lowest BCUT2D eigenvalue weighted by molar-refractivity contribution is 0.460. The molecule has 88 valence electrons. The fourth-order valence-corrected chi connectivity index (χ4v) is 2.60. The summed E-state index contributed by atoms with van der Waals surface area (Å²) < 4.78 is 26.8. The molecule has 16 heavy (non-hydrogen) atoms. The van der Waals surface area contributed by atoms with Crippen molar-refractivity contribution in [2.45, 2.75) is 18.9 Å². The zero-order chi connectivity index (χ0) is 12.3. The van der Waals surface area contributed by atoms with Crippen LogP contribution < -0.4 is 0 Å². The second kappa shape index (κ2) is 4.63. The van der Waals surface area contributed by atoms with Crippen molar-refractivity contribution in [3.63, 3.8) is 0 Å². The van der Waals surface area contributed by atoms with Crippen LogP contribution in [0.15, 0.2) is 11.2 Å². The van der Waals surface area contributed by atoms with Crippen LogP contribution in [0.3, 0.4) is 0 Å². The molecule has 0 N–H and O–H groups in total. The molecule has 0 aliphatic heterocycles. The maximum Gasteiger partial charge on any atom is 0.263 e. The van der Waals surface area contributed by atoms with Gasteiger partial charge >= 0.3 is 0 Å². The minimum absolute atomic E-state index is 0.00963. The first-order chi connectivity index (χ1) is 7.43. The molecule has 1 aromatic rings. The number of sulfonamides is 1. The summed E-state index contributed by atoms with van der Waals surface area (Å²) in [5, 5.41) is 8.55. The Morgan fingerprint density at radius 2 is 2.25 bits per heavy atom. The van der Waals surface area contributed by atoms with Gasteiger partial charge in [-0.05, 0) is 6.92 Å². The Labute approximate surface area is 95.2 Å². The molecule has 1 rings (SSSR count). The van der Waals surface area contributed by atoms with Crippen LogP contribution in [0.25, 0.3) is 0 Å². The Hall–Kier alpha value is -1.39. The molecule has 0 aromatic carbocycles. The lowest BCUT2D eigenvalue weighted by Crippen LogP contribution is -2.31. The van der Waals surface area contributed by atoms with Crippen molar-refractivity contribution < 1.29 is 8.42 Å². The van der Waals surface area contributed by atoms with Gasteiger partial charge in [-0.3, -0.25) is 0 Å². The van der Waals surface area contributed by atoms with Crippen LogP contribution in [0.5, 0.6) is 0 Å². The summed E-state index contributed by atoms with van der Waals surface area (Å²) in [5.41, 5.74) is 0. The smallest absolute Gasteiger partial charge is 0.263 e. The van der Waals surface area contributed by atoms with Crippen molar-refractivity contribution in [2.24, 2.45) is 7.05 Å². The van der Waals surface area contributed by atoms with E-state index in [1.807, 2.05) is 6.07 Å². The van der Waals surface area contributed by atoms with Crippen LogP contribution in [-0.2, 0) is 17.1 Å². The minimum Gasteiger partial charge on any atom is -0.337 e. The fourth-order valence-electron chi connectivity index (χ4n) is 1.23. The molecule has 6 nitrogen and oxygen atoms in total. The molecule has 1 aromatic heterocycles. The predicted molar refractivity (Wildman–Crippen MR) is 58.0 cm³/mol. The van der Waals surface area contributed by atoms with Crippen LogP contribution in [0.1, 0.15) is 12.7 Å². The van der Waals surface area contributed by atoms with E-state index in [0.29, 0.717) is 5.82 Å². The summed E-state index contributed by atoms with van der Waals surface area (Å²) in [5.74, 6) is 0.617. The van der Waals surface area contributed by atoms with Gasteiger partial charge in [-0.15, -0.1) is 0 Å². The van der Waals surface area contributed by atoms with Gasteiger partial charge in [0.15, 0.2) is 5.03 Å². The first-order valence-electron chi connectivity index (χ1n) is 4.80. The highest BCUT2D eigenvalue weighted by atomic mass is 32.2. The molecule has 0 unspecified atom stereocenters. The largest absolute Gasteiger partial charge is 0.337 e. The fraction of sp³-hybridized carbons (Fsp3) is 0.556. The number of hydrogen-bond acceptors (Lipinski definition) is 4. The summed E-state index contributed by atoms with van der Waals surface area (Å²) in [4.78, 5) is 3.96. The van der Waals surface area contributed by atoms with Gasteiger partial charge in [-0.2, -0.15) is 9.57 Å². The third-order valence-electron chi connectivity index (χ3n) is 2.29. The van der Waals surface area contributed by atoms with Crippen LogP contribution in [0.4, 0.5) is 0 Å². The molecule has 0 spiro atoms. The van der Waals surface area contributed by atoms with E-state index in [0.717, 1.165) is 4.31 Å². The number of nitrogens with zero attached hydrogens (tertiary/aromatic N) is 4. The molecule has 0 radical (unpaired) electrons. The number of aryl methyl sites for hydroxylation is 2. The number of rotatable bonds is 4. The van der Waals surface area contributed by atoms with Crippen LogP contribution in [0, 0.1) is 18.3 Å². The highest BCUT2D eigenvalue weighted by molar-refractivity contribution is 7.89. The Balaban J connectivity index is 3.15. The van der Waals surface area contributed by atoms with E-state index in [9.17, 15) is 8.42 Å². The molecule has 7 heteroatoms. The van der Waals surface area contributed by atoms with Gasteiger partial charge in [0.25, 0.3) is 10.0 Å². The summed E-state index contributed by atoms with van der Waals surface area (Å²) in [7, 11) is -1.91. The Morgan fingerprint density at radius 1 is 1.62 bits per heavy atom. The molecule has 0 amide bonds. The monoisotopic (exact) mass is 242 g/mol. The lowest BCUT2D eigenvalue weighted by atomic mass is 10.6. The van der Waals surface area contributed by atoms with Crippen LogP contribution in [0.2, 0.25) is 0 Å². The summed E-state index contributed by atoms with van der Waals surface area (Å²) in [6.45, 7) is 3.50. The molecular weight excluding hydrogens is 228 g/mol. The van der Waals surface area contributed by atoms with Gasteiger partial charge in [0, 0.05) is 19.8 Å². The number of hydrogen-bond donors (Lipinski definition) is 0. The summed E-state index contributed by atoms with van der Waals surface area (Å²) >= 11 is 0. The first kappa shape index (κ1) is 12.7. The Kier molecular flexibility index (Phi) is 3.67. The van der Waals surface area contributed by atoms with E-state index < -0.39 is 10.0 Å². The topological polar surface area (TPSA) is 79.0 Å². The molecule has 0 atom stereocenters. The summed E-state index contributed by atoms with van der Waals surface area (Å²) in [6, 6.07) is 1.83. The highest BCUT2D eigenvalue weighted by Gasteiger charge is 2.25. The number of aromatic nitrogens is 2. The molecular formula is C9H14N4O2S. The quantitative estimate of drug-likeness (QED) is 0.709. The Bertz CT molecular complexity index is 493. The Morgan fingerprint density at radius 3 is 2.62 bits per heavy atom. The van der Waals surface area contributed by atoms with E-state index in [1.54, 1.807) is 25.5 Å². The van der Waals surface area contributed by atoms with Crippen molar-refractivity contribution in [1.29, 1.82) is 5.26 Å².